The maximum Gasteiger partial charge on any atom is 0.242 e. The lowest BCUT2D eigenvalue weighted by molar-refractivity contribution is -0.115. The third-order valence-corrected chi connectivity index (χ3v) is 6.09. The number of anilines is 2. The van der Waals surface area contributed by atoms with Crippen molar-refractivity contribution in [3.05, 3.63) is 65.7 Å². The van der Waals surface area contributed by atoms with Gasteiger partial charge in [-0.15, -0.1) is 10.2 Å². The number of hydrogen-bond donors (Lipinski definition) is 2. The van der Waals surface area contributed by atoms with E-state index < -0.39 is 5.25 Å². The van der Waals surface area contributed by atoms with Gasteiger partial charge in [-0.3, -0.25) is 4.79 Å². The summed E-state index contributed by atoms with van der Waals surface area (Å²) in [4.78, 5) is 13.0. The number of benzene rings is 2. The fourth-order valence-corrected chi connectivity index (χ4v) is 4.40. The molecule has 0 saturated heterocycles. The summed E-state index contributed by atoms with van der Waals surface area (Å²) in [6, 6.07) is 17.5. The zero-order chi connectivity index (χ0) is 19.8. The van der Waals surface area contributed by atoms with Crippen LogP contribution in [0.3, 0.4) is 0 Å². The van der Waals surface area contributed by atoms with E-state index in [0.717, 1.165) is 21.2 Å². The summed E-state index contributed by atoms with van der Waals surface area (Å²) < 4.78 is 5.75. The second kappa shape index (κ2) is 10.2. The number of aromatic nitrogens is 2. The van der Waals surface area contributed by atoms with Gasteiger partial charge in [0, 0.05) is 19.3 Å². The highest BCUT2D eigenvalue weighted by Gasteiger charge is 2.24. The Labute approximate surface area is 172 Å². The third kappa shape index (κ3) is 5.79. The first-order valence-corrected chi connectivity index (χ1v) is 10.5. The molecule has 0 aliphatic rings. The molecular formula is C20H22N4O2S2. The first kappa shape index (κ1) is 20.3. The van der Waals surface area contributed by atoms with E-state index in [4.69, 9.17) is 4.74 Å². The average molecular weight is 415 g/mol. The monoisotopic (exact) mass is 414 g/mol. The molecule has 1 aromatic heterocycles. The number of amides is 1. The molecule has 0 aliphatic heterocycles. The molecule has 1 heterocycles. The standard InChI is InChI=1S/C20H22N4O2S2/c1-14-8-10-16(11-9-14)22-18(25)17(15-6-4-3-5-7-15)27-20-24-23-19(28-20)21-12-13-26-2/h3-11,17H,12-13H2,1-2H3,(H,21,23)(H,22,25)/t17-/m1/s1. The summed E-state index contributed by atoms with van der Waals surface area (Å²) in [5.41, 5.74) is 2.84. The molecule has 6 nitrogen and oxygen atoms in total. The van der Waals surface area contributed by atoms with Crippen LogP contribution in [0.5, 0.6) is 0 Å². The number of rotatable bonds is 9. The average Bonchev–Trinajstić information content (AvgIpc) is 3.16. The number of carbonyl (C=O) groups is 1. The quantitative estimate of drug-likeness (QED) is 0.400. The molecule has 3 aromatic rings. The minimum Gasteiger partial charge on any atom is -0.383 e. The fourth-order valence-electron chi connectivity index (χ4n) is 2.44. The van der Waals surface area contributed by atoms with Crippen LogP contribution in [-0.4, -0.2) is 36.4 Å². The minimum atomic E-state index is -0.428. The maximum absolute atomic E-state index is 13.0. The van der Waals surface area contributed by atoms with E-state index in [9.17, 15) is 4.79 Å². The van der Waals surface area contributed by atoms with Crippen LogP contribution in [-0.2, 0) is 9.53 Å². The minimum absolute atomic E-state index is 0.0934. The van der Waals surface area contributed by atoms with Crippen LogP contribution in [0.2, 0.25) is 0 Å². The highest BCUT2D eigenvalue weighted by atomic mass is 32.2. The number of hydrogen-bond acceptors (Lipinski definition) is 7. The number of methoxy groups -OCH3 is 1. The first-order chi connectivity index (χ1) is 13.7. The highest BCUT2D eigenvalue weighted by molar-refractivity contribution is 8.02. The number of nitrogens with zero attached hydrogens (tertiary/aromatic N) is 2. The Hall–Kier alpha value is -2.42. The molecule has 0 saturated carbocycles. The van der Waals surface area contributed by atoms with E-state index in [1.807, 2.05) is 61.5 Å². The van der Waals surface area contributed by atoms with Gasteiger partial charge in [0.25, 0.3) is 0 Å². The third-order valence-electron chi connectivity index (χ3n) is 3.87. The Balaban J connectivity index is 1.74. The van der Waals surface area contributed by atoms with Crippen molar-refractivity contribution in [1.82, 2.24) is 10.2 Å². The van der Waals surface area contributed by atoms with Gasteiger partial charge < -0.3 is 15.4 Å². The molecule has 0 spiro atoms. The van der Waals surface area contributed by atoms with Crippen molar-refractivity contribution in [2.45, 2.75) is 16.5 Å². The predicted molar refractivity (Wildman–Crippen MR) is 115 cm³/mol. The van der Waals surface area contributed by atoms with Crippen molar-refractivity contribution in [2.75, 3.05) is 30.9 Å². The second-order valence-corrected chi connectivity index (χ2v) is 8.39. The van der Waals surface area contributed by atoms with E-state index in [0.29, 0.717) is 18.3 Å². The molecular weight excluding hydrogens is 392 g/mol. The van der Waals surface area contributed by atoms with Gasteiger partial charge in [-0.05, 0) is 24.6 Å². The zero-order valence-corrected chi connectivity index (χ0v) is 17.3. The van der Waals surface area contributed by atoms with Crippen molar-refractivity contribution >= 4 is 39.8 Å². The van der Waals surface area contributed by atoms with Crippen LogP contribution >= 0.6 is 23.1 Å². The highest BCUT2D eigenvalue weighted by Crippen LogP contribution is 2.38. The first-order valence-electron chi connectivity index (χ1n) is 8.81. The molecule has 0 radical (unpaired) electrons. The van der Waals surface area contributed by atoms with Gasteiger partial charge in [-0.2, -0.15) is 0 Å². The van der Waals surface area contributed by atoms with Gasteiger partial charge in [-0.1, -0.05) is 71.1 Å². The molecule has 1 atom stereocenters. The Morgan fingerprint density at radius 3 is 2.61 bits per heavy atom. The predicted octanol–water partition coefficient (Wildman–Crippen LogP) is 4.38. The smallest absolute Gasteiger partial charge is 0.242 e. The largest absolute Gasteiger partial charge is 0.383 e. The SMILES string of the molecule is COCCNc1nnc(S[C@@H](C(=O)Nc2ccc(C)cc2)c2ccccc2)s1. The van der Waals surface area contributed by atoms with Crippen molar-refractivity contribution in [3.63, 3.8) is 0 Å². The van der Waals surface area contributed by atoms with Gasteiger partial charge in [0.05, 0.1) is 6.61 Å². The second-order valence-electron chi connectivity index (χ2n) is 6.06. The summed E-state index contributed by atoms with van der Waals surface area (Å²) in [7, 11) is 1.65. The van der Waals surface area contributed by atoms with Gasteiger partial charge in [-0.25, -0.2) is 0 Å². The van der Waals surface area contributed by atoms with E-state index in [1.165, 1.54) is 23.1 Å². The zero-order valence-electron chi connectivity index (χ0n) is 15.7. The molecule has 0 unspecified atom stereocenters. The fraction of sp³-hybridized carbons (Fsp3) is 0.250. The summed E-state index contributed by atoms with van der Waals surface area (Å²) in [6.07, 6.45) is 0. The lowest BCUT2D eigenvalue weighted by Crippen LogP contribution is -2.19. The number of nitrogens with one attached hydrogen (secondary N) is 2. The summed E-state index contributed by atoms with van der Waals surface area (Å²) >= 11 is 2.82. The van der Waals surface area contributed by atoms with Gasteiger partial charge in [0.15, 0.2) is 4.34 Å². The van der Waals surface area contributed by atoms with Gasteiger partial charge in [0.2, 0.25) is 11.0 Å². The number of thioether (sulfide) groups is 1. The Morgan fingerprint density at radius 1 is 1.14 bits per heavy atom. The Bertz CT molecular complexity index is 885. The molecule has 146 valence electrons. The number of ether oxygens (including phenoxy) is 1. The molecule has 28 heavy (non-hydrogen) atoms. The molecule has 1 amide bonds. The number of aryl methyl sites for hydroxylation is 1. The normalized spacial score (nSPS) is 11.8. The Kier molecular flexibility index (Phi) is 7.41. The van der Waals surface area contributed by atoms with Crippen LogP contribution in [0.4, 0.5) is 10.8 Å². The van der Waals surface area contributed by atoms with E-state index >= 15 is 0 Å². The van der Waals surface area contributed by atoms with Crippen molar-refractivity contribution in [3.8, 4) is 0 Å². The van der Waals surface area contributed by atoms with Gasteiger partial charge >= 0.3 is 0 Å². The molecule has 8 heteroatoms. The summed E-state index contributed by atoms with van der Waals surface area (Å²) in [6.45, 7) is 3.27. The van der Waals surface area contributed by atoms with Crippen molar-refractivity contribution < 1.29 is 9.53 Å². The number of carbonyl (C=O) groups excluding carboxylic acids is 1. The van der Waals surface area contributed by atoms with Crippen LogP contribution in [0.15, 0.2) is 58.9 Å². The van der Waals surface area contributed by atoms with Crippen molar-refractivity contribution in [2.24, 2.45) is 0 Å². The molecule has 0 aliphatic carbocycles. The maximum atomic E-state index is 13.0. The lowest BCUT2D eigenvalue weighted by Gasteiger charge is -2.15. The van der Waals surface area contributed by atoms with Crippen molar-refractivity contribution in [1.29, 1.82) is 0 Å². The van der Waals surface area contributed by atoms with E-state index in [2.05, 4.69) is 20.8 Å². The topological polar surface area (TPSA) is 76.1 Å². The molecule has 0 fully saturated rings. The van der Waals surface area contributed by atoms with Crippen LogP contribution in [0.1, 0.15) is 16.4 Å². The summed E-state index contributed by atoms with van der Waals surface area (Å²) in [5, 5.41) is 14.8. The van der Waals surface area contributed by atoms with Crippen LogP contribution in [0.25, 0.3) is 0 Å². The summed E-state index contributed by atoms with van der Waals surface area (Å²) in [5.74, 6) is -0.0934. The van der Waals surface area contributed by atoms with E-state index in [1.54, 1.807) is 7.11 Å². The van der Waals surface area contributed by atoms with Gasteiger partial charge in [0.1, 0.15) is 5.25 Å². The van der Waals surface area contributed by atoms with Crippen LogP contribution in [0, 0.1) is 6.92 Å². The molecule has 2 aromatic carbocycles. The van der Waals surface area contributed by atoms with E-state index in [-0.39, 0.29) is 5.91 Å². The Morgan fingerprint density at radius 2 is 1.89 bits per heavy atom. The molecule has 3 rings (SSSR count). The molecule has 0 bridgehead atoms. The lowest BCUT2D eigenvalue weighted by atomic mass is 10.1. The molecule has 2 N–H and O–H groups in total. The van der Waals surface area contributed by atoms with Crippen LogP contribution < -0.4 is 10.6 Å².